The lowest BCUT2D eigenvalue weighted by Crippen LogP contribution is -2.34. The zero-order valence-corrected chi connectivity index (χ0v) is 20.6. The summed E-state index contributed by atoms with van der Waals surface area (Å²) in [6.07, 6.45) is 2.61. The molecular formula is C28H26ClNO5. The lowest BCUT2D eigenvalue weighted by atomic mass is 9.99. The Hall–Kier alpha value is -3.48. The van der Waals surface area contributed by atoms with Gasteiger partial charge in [-0.3, -0.25) is 9.69 Å². The molecule has 2 aliphatic heterocycles. The summed E-state index contributed by atoms with van der Waals surface area (Å²) in [5, 5.41) is 0.736. The number of ketones is 1. The van der Waals surface area contributed by atoms with Crippen LogP contribution in [0.3, 0.4) is 0 Å². The Morgan fingerprint density at radius 2 is 1.80 bits per heavy atom. The Kier molecular flexibility index (Phi) is 6.41. The van der Waals surface area contributed by atoms with Crippen LogP contribution in [0, 0.1) is 6.92 Å². The van der Waals surface area contributed by atoms with Gasteiger partial charge in [-0.15, -0.1) is 0 Å². The van der Waals surface area contributed by atoms with Gasteiger partial charge in [-0.05, 0) is 60.9 Å². The van der Waals surface area contributed by atoms with Crippen molar-refractivity contribution in [1.29, 1.82) is 0 Å². The van der Waals surface area contributed by atoms with E-state index < -0.39 is 0 Å². The minimum Gasteiger partial charge on any atom is -0.493 e. The summed E-state index contributed by atoms with van der Waals surface area (Å²) in [7, 11) is 3.16. The topological polar surface area (TPSA) is 57.2 Å². The van der Waals surface area contributed by atoms with Gasteiger partial charge >= 0.3 is 0 Å². The van der Waals surface area contributed by atoms with Gasteiger partial charge in [-0.25, -0.2) is 0 Å². The van der Waals surface area contributed by atoms with Gasteiger partial charge in [0.15, 0.2) is 17.3 Å². The van der Waals surface area contributed by atoms with Gasteiger partial charge in [-0.1, -0.05) is 29.8 Å². The van der Waals surface area contributed by atoms with E-state index in [1.807, 2.05) is 49.4 Å². The zero-order chi connectivity index (χ0) is 24.5. The summed E-state index contributed by atoms with van der Waals surface area (Å²) < 4.78 is 22.8. The fraction of sp³-hybridized carbons (Fsp3) is 0.250. The summed E-state index contributed by atoms with van der Waals surface area (Å²) >= 11 is 5.99. The van der Waals surface area contributed by atoms with E-state index >= 15 is 0 Å². The third-order valence-electron chi connectivity index (χ3n) is 6.34. The van der Waals surface area contributed by atoms with Crippen LogP contribution >= 0.6 is 11.6 Å². The highest BCUT2D eigenvalue weighted by Crippen LogP contribution is 2.43. The third kappa shape index (κ3) is 4.59. The van der Waals surface area contributed by atoms with Crippen molar-refractivity contribution >= 4 is 23.5 Å². The number of hydrogen-bond donors (Lipinski definition) is 0. The molecule has 7 heteroatoms. The smallest absolute Gasteiger partial charge is 0.231 e. The number of nitrogens with zero attached hydrogens (tertiary/aromatic N) is 1. The van der Waals surface area contributed by atoms with Crippen molar-refractivity contribution in [2.45, 2.75) is 19.9 Å². The average Bonchev–Trinajstić information content (AvgIpc) is 3.18. The molecule has 0 radical (unpaired) electrons. The van der Waals surface area contributed by atoms with Gasteiger partial charge in [0.2, 0.25) is 5.78 Å². The Morgan fingerprint density at radius 1 is 1.03 bits per heavy atom. The van der Waals surface area contributed by atoms with E-state index in [-0.39, 0.29) is 11.5 Å². The number of Topliss-reactive ketones (excluding diaryl/α,β-unsaturated/α-hetero) is 1. The summed E-state index contributed by atoms with van der Waals surface area (Å²) in [4.78, 5) is 15.4. The zero-order valence-electron chi connectivity index (χ0n) is 19.9. The van der Waals surface area contributed by atoms with Crippen LogP contribution in [-0.2, 0) is 13.0 Å². The molecule has 0 aliphatic carbocycles. The third-order valence-corrected chi connectivity index (χ3v) is 6.59. The summed E-state index contributed by atoms with van der Waals surface area (Å²) in [6.45, 7) is 3.97. The van der Waals surface area contributed by atoms with Gasteiger partial charge in [0, 0.05) is 29.2 Å². The van der Waals surface area contributed by atoms with Crippen LogP contribution in [0.5, 0.6) is 23.0 Å². The molecule has 35 heavy (non-hydrogen) atoms. The standard InChI is InChI=1S/C28H26ClNO5/c1-17-27-20(15-30(16-34-27)11-10-18-4-7-21(29)8-5-18)14-22-26(31)25(35-28(17)22)13-19-6-9-23(32-2)24(12-19)33-3/h4-9,12-14H,10-11,15-16H2,1-3H3/b25-13-. The van der Waals surface area contributed by atoms with Crippen molar-refractivity contribution in [3.63, 3.8) is 0 Å². The maximum Gasteiger partial charge on any atom is 0.231 e. The van der Waals surface area contributed by atoms with Crippen LogP contribution in [0.1, 0.15) is 32.6 Å². The highest BCUT2D eigenvalue weighted by Gasteiger charge is 2.33. The minimum absolute atomic E-state index is 0.140. The Labute approximate surface area is 209 Å². The van der Waals surface area contributed by atoms with Gasteiger partial charge < -0.3 is 18.9 Å². The molecule has 0 aromatic heterocycles. The van der Waals surface area contributed by atoms with E-state index in [1.165, 1.54) is 5.56 Å². The molecule has 0 saturated carbocycles. The van der Waals surface area contributed by atoms with Crippen molar-refractivity contribution < 1.29 is 23.7 Å². The van der Waals surface area contributed by atoms with Crippen molar-refractivity contribution in [2.24, 2.45) is 0 Å². The highest BCUT2D eigenvalue weighted by molar-refractivity contribution is 6.30. The lowest BCUT2D eigenvalue weighted by Gasteiger charge is -2.30. The van der Waals surface area contributed by atoms with Crippen LogP contribution in [0.15, 0.2) is 54.3 Å². The van der Waals surface area contributed by atoms with E-state index in [4.69, 9.17) is 30.5 Å². The predicted molar refractivity (Wildman–Crippen MR) is 135 cm³/mol. The fourth-order valence-corrected chi connectivity index (χ4v) is 4.60. The van der Waals surface area contributed by atoms with E-state index in [1.54, 1.807) is 26.4 Å². The number of methoxy groups -OCH3 is 2. The monoisotopic (exact) mass is 491 g/mol. The largest absolute Gasteiger partial charge is 0.493 e. The molecule has 2 heterocycles. The van der Waals surface area contributed by atoms with Crippen molar-refractivity contribution in [3.05, 3.63) is 87.1 Å². The van der Waals surface area contributed by atoms with Crippen molar-refractivity contribution in [3.8, 4) is 23.0 Å². The number of allylic oxidation sites excluding steroid dienone is 1. The first kappa shape index (κ1) is 23.3. The van der Waals surface area contributed by atoms with E-state index in [0.717, 1.165) is 40.4 Å². The Balaban J connectivity index is 1.35. The second kappa shape index (κ2) is 9.64. The molecule has 0 atom stereocenters. The molecule has 0 fully saturated rings. The van der Waals surface area contributed by atoms with Crippen LogP contribution < -0.4 is 18.9 Å². The van der Waals surface area contributed by atoms with E-state index in [9.17, 15) is 4.79 Å². The molecule has 6 nitrogen and oxygen atoms in total. The second-order valence-corrected chi connectivity index (χ2v) is 9.06. The summed E-state index contributed by atoms with van der Waals surface area (Å²) in [5.41, 5.74) is 4.41. The molecule has 0 amide bonds. The number of fused-ring (bicyclic) bond motifs is 2. The molecule has 2 aliphatic rings. The van der Waals surface area contributed by atoms with E-state index in [0.29, 0.717) is 36.1 Å². The molecular weight excluding hydrogens is 466 g/mol. The molecule has 0 spiro atoms. The molecule has 0 bridgehead atoms. The molecule has 0 N–H and O–H groups in total. The second-order valence-electron chi connectivity index (χ2n) is 8.62. The van der Waals surface area contributed by atoms with E-state index in [2.05, 4.69) is 4.90 Å². The molecule has 3 aromatic rings. The van der Waals surface area contributed by atoms with Crippen LogP contribution in [0.25, 0.3) is 6.08 Å². The van der Waals surface area contributed by atoms with Crippen LogP contribution in [-0.4, -0.2) is 38.2 Å². The van der Waals surface area contributed by atoms with Gasteiger partial charge in [0.25, 0.3) is 0 Å². The maximum absolute atomic E-state index is 13.2. The van der Waals surface area contributed by atoms with Crippen molar-refractivity contribution in [1.82, 2.24) is 4.90 Å². The first-order valence-electron chi connectivity index (χ1n) is 11.4. The highest BCUT2D eigenvalue weighted by atomic mass is 35.5. The van der Waals surface area contributed by atoms with Gasteiger partial charge in [0.05, 0.1) is 19.8 Å². The number of carbonyl (C=O) groups is 1. The SMILES string of the molecule is COc1ccc(/C=C2\Oc3c(cc4c(c3C)OCN(CCc3ccc(Cl)cc3)C4)C2=O)cc1OC. The summed E-state index contributed by atoms with van der Waals surface area (Å²) in [6, 6.07) is 15.3. The van der Waals surface area contributed by atoms with Crippen LogP contribution in [0.4, 0.5) is 0 Å². The normalized spacial score (nSPS) is 15.9. The quantitative estimate of drug-likeness (QED) is 0.414. The first-order valence-corrected chi connectivity index (χ1v) is 11.8. The Bertz CT molecular complexity index is 1320. The van der Waals surface area contributed by atoms with Crippen LogP contribution in [0.2, 0.25) is 5.02 Å². The Morgan fingerprint density at radius 3 is 2.54 bits per heavy atom. The average molecular weight is 492 g/mol. The molecule has 0 saturated heterocycles. The number of rotatable bonds is 6. The number of halogens is 1. The maximum atomic E-state index is 13.2. The number of hydrogen-bond acceptors (Lipinski definition) is 6. The minimum atomic E-state index is -0.140. The predicted octanol–water partition coefficient (Wildman–Crippen LogP) is 5.68. The van der Waals surface area contributed by atoms with Crippen molar-refractivity contribution in [2.75, 3.05) is 27.5 Å². The molecule has 3 aromatic carbocycles. The number of carbonyl (C=O) groups excluding carboxylic acids is 1. The number of ether oxygens (including phenoxy) is 4. The fourth-order valence-electron chi connectivity index (χ4n) is 4.47. The number of benzene rings is 3. The van der Waals surface area contributed by atoms with Gasteiger partial charge in [-0.2, -0.15) is 0 Å². The molecule has 0 unspecified atom stereocenters. The summed E-state index contributed by atoms with van der Waals surface area (Å²) in [5.74, 6) is 2.71. The molecule has 180 valence electrons. The van der Waals surface area contributed by atoms with Gasteiger partial charge in [0.1, 0.15) is 18.2 Å². The first-order chi connectivity index (χ1) is 17.0. The molecule has 5 rings (SSSR count). The lowest BCUT2D eigenvalue weighted by molar-refractivity contribution is 0.0954.